The topological polar surface area (TPSA) is 24.3 Å². The van der Waals surface area contributed by atoms with E-state index in [-0.39, 0.29) is 0 Å². The van der Waals surface area contributed by atoms with Crippen LogP contribution in [0.4, 0.5) is 5.69 Å². The number of fused-ring (bicyclic) bond motifs is 1. The Bertz CT molecular complexity index is 742. The van der Waals surface area contributed by atoms with E-state index < -0.39 is 0 Å². The average Bonchev–Trinajstić information content (AvgIpc) is 3.00. The Morgan fingerprint density at radius 1 is 0.818 bits per heavy atom. The Balaban J connectivity index is 1.42. The molecule has 4 rings (SSSR count). The van der Waals surface area contributed by atoms with Gasteiger partial charge in [0.25, 0.3) is 0 Å². The van der Waals surface area contributed by atoms with E-state index in [9.17, 15) is 0 Å². The minimum atomic E-state index is 0.871. The summed E-state index contributed by atoms with van der Waals surface area (Å²) >= 11 is 0. The molecule has 2 heterocycles. The van der Waals surface area contributed by atoms with Gasteiger partial charge in [-0.3, -0.25) is 9.58 Å². The van der Waals surface area contributed by atoms with Crippen molar-refractivity contribution in [1.82, 2.24) is 14.7 Å². The number of nitrogens with zero attached hydrogens (tertiary/aromatic N) is 4. The van der Waals surface area contributed by atoms with E-state index in [1.54, 1.807) is 0 Å². The van der Waals surface area contributed by atoms with Crippen LogP contribution in [0.25, 0.3) is 10.9 Å². The zero-order valence-corrected chi connectivity index (χ0v) is 12.6. The number of hydrogen-bond acceptors (Lipinski definition) is 3. The summed E-state index contributed by atoms with van der Waals surface area (Å²) in [5, 5.41) is 5.74. The lowest BCUT2D eigenvalue weighted by molar-refractivity contribution is 0.199. The Morgan fingerprint density at radius 3 is 2.36 bits per heavy atom. The van der Waals surface area contributed by atoms with Crippen molar-refractivity contribution >= 4 is 16.6 Å². The van der Waals surface area contributed by atoms with E-state index in [4.69, 9.17) is 0 Å². The van der Waals surface area contributed by atoms with Crippen molar-refractivity contribution in [2.75, 3.05) is 31.1 Å². The normalized spacial score (nSPS) is 16.3. The minimum Gasteiger partial charge on any atom is -0.369 e. The highest BCUT2D eigenvalue weighted by molar-refractivity contribution is 5.78. The van der Waals surface area contributed by atoms with Crippen LogP contribution < -0.4 is 4.90 Å². The molecule has 22 heavy (non-hydrogen) atoms. The van der Waals surface area contributed by atoms with Gasteiger partial charge >= 0.3 is 0 Å². The van der Waals surface area contributed by atoms with Crippen LogP contribution in [0, 0.1) is 0 Å². The van der Waals surface area contributed by atoms with Crippen LogP contribution >= 0.6 is 0 Å². The standard InChI is InChI=1S/C18H20N4/c1-2-7-17(8-3-1)21-12-10-20(11-13-21)15-22-18-9-5-4-6-16(18)14-19-22/h1-9,14H,10-13,15H2. The number of benzene rings is 2. The van der Waals surface area contributed by atoms with Crippen molar-refractivity contribution in [3.05, 3.63) is 60.8 Å². The van der Waals surface area contributed by atoms with E-state index >= 15 is 0 Å². The molecular weight excluding hydrogens is 272 g/mol. The molecule has 0 unspecified atom stereocenters. The fourth-order valence-electron chi connectivity index (χ4n) is 3.11. The monoisotopic (exact) mass is 292 g/mol. The van der Waals surface area contributed by atoms with Gasteiger partial charge in [-0.15, -0.1) is 0 Å². The molecule has 1 fully saturated rings. The molecule has 0 N–H and O–H groups in total. The van der Waals surface area contributed by atoms with Crippen molar-refractivity contribution < 1.29 is 0 Å². The van der Waals surface area contributed by atoms with Gasteiger partial charge in [0.1, 0.15) is 0 Å². The molecular formula is C18H20N4. The van der Waals surface area contributed by atoms with Gasteiger partial charge in [-0.05, 0) is 18.2 Å². The Hall–Kier alpha value is -2.33. The molecule has 0 aliphatic carbocycles. The summed E-state index contributed by atoms with van der Waals surface area (Å²) in [4.78, 5) is 4.93. The fraction of sp³-hybridized carbons (Fsp3) is 0.278. The summed E-state index contributed by atoms with van der Waals surface area (Å²) in [6.45, 7) is 5.16. The van der Waals surface area contributed by atoms with Crippen LogP contribution in [0.5, 0.6) is 0 Å². The van der Waals surface area contributed by atoms with E-state index in [1.165, 1.54) is 16.6 Å². The molecule has 0 saturated carbocycles. The van der Waals surface area contributed by atoms with Gasteiger partial charge in [-0.2, -0.15) is 5.10 Å². The highest BCUT2D eigenvalue weighted by Crippen LogP contribution is 2.17. The molecule has 0 amide bonds. The molecule has 1 aliphatic heterocycles. The maximum atomic E-state index is 4.53. The second-order valence-corrected chi connectivity index (χ2v) is 5.78. The van der Waals surface area contributed by atoms with Crippen molar-refractivity contribution in [1.29, 1.82) is 0 Å². The number of para-hydroxylation sites is 2. The summed E-state index contributed by atoms with van der Waals surface area (Å²) < 4.78 is 2.10. The Kier molecular flexibility index (Phi) is 3.52. The highest BCUT2D eigenvalue weighted by atomic mass is 15.4. The van der Waals surface area contributed by atoms with Crippen molar-refractivity contribution in [3.63, 3.8) is 0 Å². The quantitative estimate of drug-likeness (QED) is 0.742. The lowest BCUT2D eigenvalue weighted by atomic mass is 10.2. The molecule has 0 bridgehead atoms. The van der Waals surface area contributed by atoms with Crippen LogP contribution in [0.1, 0.15) is 0 Å². The fourth-order valence-corrected chi connectivity index (χ4v) is 3.11. The third kappa shape index (κ3) is 2.57. The van der Waals surface area contributed by atoms with Gasteiger partial charge in [0.15, 0.2) is 0 Å². The lowest BCUT2D eigenvalue weighted by Gasteiger charge is -2.36. The van der Waals surface area contributed by atoms with Gasteiger partial charge in [0.2, 0.25) is 0 Å². The number of hydrogen-bond donors (Lipinski definition) is 0. The summed E-state index contributed by atoms with van der Waals surface area (Å²) in [7, 11) is 0. The molecule has 2 aromatic carbocycles. The average molecular weight is 292 g/mol. The first-order valence-electron chi connectivity index (χ1n) is 7.83. The van der Waals surface area contributed by atoms with Crippen molar-refractivity contribution in [3.8, 4) is 0 Å². The predicted octanol–water partition coefficient (Wildman–Crippen LogP) is 2.82. The first kappa shape index (κ1) is 13.3. The van der Waals surface area contributed by atoms with Gasteiger partial charge in [-0.25, -0.2) is 0 Å². The summed E-state index contributed by atoms with van der Waals surface area (Å²) in [5.41, 5.74) is 2.54. The molecule has 112 valence electrons. The van der Waals surface area contributed by atoms with Crippen LogP contribution in [-0.2, 0) is 6.67 Å². The Labute approximate surface area is 130 Å². The molecule has 4 heteroatoms. The zero-order chi connectivity index (χ0) is 14.8. The second-order valence-electron chi connectivity index (χ2n) is 5.78. The molecule has 0 spiro atoms. The van der Waals surface area contributed by atoms with Gasteiger partial charge in [0.05, 0.1) is 18.4 Å². The number of aromatic nitrogens is 2. The zero-order valence-electron chi connectivity index (χ0n) is 12.6. The maximum absolute atomic E-state index is 4.53. The van der Waals surface area contributed by atoms with E-state index in [2.05, 4.69) is 74.2 Å². The van der Waals surface area contributed by atoms with Crippen LogP contribution in [0.2, 0.25) is 0 Å². The van der Waals surface area contributed by atoms with Crippen LogP contribution in [0.15, 0.2) is 60.8 Å². The SMILES string of the molecule is c1ccc(N2CCN(Cn3ncc4ccccc43)CC2)cc1. The third-order valence-corrected chi connectivity index (χ3v) is 4.38. The molecule has 0 radical (unpaired) electrons. The predicted molar refractivity (Wildman–Crippen MR) is 90.0 cm³/mol. The number of rotatable bonds is 3. The van der Waals surface area contributed by atoms with E-state index in [0.717, 1.165) is 32.8 Å². The van der Waals surface area contributed by atoms with Gasteiger partial charge in [-0.1, -0.05) is 36.4 Å². The summed E-state index contributed by atoms with van der Waals surface area (Å²) in [6.07, 6.45) is 1.95. The summed E-state index contributed by atoms with van der Waals surface area (Å²) in [5.74, 6) is 0. The second kappa shape index (κ2) is 5.81. The third-order valence-electron chi connectivity index (χ3n) is 4.38. The minimum absolute atomic E-state index is 0.871. The Morgan fingerprint density at radius 2 is 1.55 bits per heavy atom. The molecule has 4 nitrogen and oxygen atoms in total. The van der Waals surface area contributed by atoms with Crippen LogP contribution in [0.3, 0.4) is 0 Å². The number of piperazine rings is 1. The highest BCUT2D eigenvalue weighted by Gasteiger charge is 2.17. The van der Waals surface area contributed by atoms with Crippen LogP contribution in [-0.4, -0.2) is 40.9 Å². The largest absolute Gasteiger partial charge is 0.369 e. The molecule has 1 aromatic heterocycles. The summed E-state index contributed by atoms with van der Waals surface area (Å²) in [6, 6.07) is 19.1. The van der Waals surface area contributed by atoms with Crippen molar-refractivity contribution in [2.45, 2.75) is 6.67 Å². The van der Waals surface area contributed by atoms with Gasteiger partial charge in [0, 0.05) is 37.3 Å². The van der Waals surface area contributed by atoms with E-state index in [0.29, 0.717) is 0 Å². The first-order valence-corrected chi connectivity index (χ1v) is 7.83. The maximum Gasteiger partial charge on any atom is 0.0937 e. The number of anilines is 1. The lowest BCUT2D eigenvalue weighted by Crippen LogP contribution is -2.46. The van der Waals surface area contributed by atoms with Crippen molar-refractivity contribution in [2.24, 2.45) is 0 Å². The molecule has 0 atom stereocenters. The molecule has 3 aromatic rings. The first-order chi connectivity index (χ1) is 10.9. The molecule has 1 aliphatic rings. The molecule has 1 saturated heterocycles. The van der Waals surface area contributed by atoms with Gasteiger partial charge < -0.3 is 4.90 Å². The van der Waals surface area contributed by atoms with E-state index in [1.807, 2.05) is 6.20 Å². The smallest absolute Gasteiger partial charge is 0.0937 e.